The number of aromatic nitrogens is 2. The third-order valence-electron chi connectivity index (χ3n) is 3.45. The van der Waals surface area contributed by atoms with Gasteiger partial charge in [0.05, 0.1) is 24.7 Å². The second-order valence-electron chi connectivity index (χ2n) is 5.15. The molecule has 0 aliphatic rings. The molecule has 0 spiro atoms. The molecule has 0 fully saturated rings. The highest BCUT2D eigenvalue weighted by atomic mass is 35.5. The van der Waals surface area contributed by atoms with Gasteiger partial charge in [-0.2, -0.15) is 0 Å². The zero-order valence-electron chi connectivity index (χ0n) is 12.2. The predicted octanol–water partition coefficient (Wildman–Crippen LogP) is 4.19. The van der Waals surface area contributed by atoms with Crippen molar-refractivity contribution in [2.75, 3.05) is 7.05 Å². The second-order valence-corrected chi connectivity index (χ2v) is 6.71. The summed E-state index contributed by atoms with van der Waals surface area (Å²) in [4.78, 5) is 13.4. The summed E-state index contributed by atoms with van der Waals surface area (Å²) in [5.74, 6) is 1.66. The Morgan fingerprint density at radius 3 is 2.81 bits per heavy atom. The Hall–Kier alpha value is -1.43. The van der Waals surface area contributed by atoms with E-state index in [1.54, 1.807) is 17.6 Å². The largest absolute Gasteiger partial charge is 0.468 e. The number of aryl methyl sites for hydroxylation is 2. The molecule has 4 nitrogen and oxygen atoms in total. The van der Waals surface area contributed by atoms with Gasteiger partial charge in [0.2, 0.25) is 0 Å². The van der Waals surface area contributed by atoms with E-state index in [9.17, 15) is 0 Å². The number of furan rings is 1. The molecule has 0 saturated carbocycles. The fourth-order valence-electron chi connectivity index (χ4n) is 2.28. The molecule has 0 N–H and O–H groups in total. The third-order valence-corrected chi connectivity index (χ3v) is 4.82. The summed E-state index contributed by atoms with van der Waals surface area (Å²) in [6.45, 7) is 5.49. The lowest BCUT2D eigenvalue weighted by atomic mass is 10.2. The van der Waals surface area contributed by atoms with Crippen LogP contribution < -0.4 is 0 Å². The van der Waals surface area contributed by atoms with Gasteiger partial charge in [-0.1, -0.05) is 11.6 Å². The van der Waals surface area contributed by atoms with Crippen molar-refractivity contribution in [3.8, 4) is 0 Å². The Labute approximate surface area is 132 Å². The molecular formula is C15H16ClN3OS. The highest BCUT2D eigenvalue weighted by Crippen LogP contribution is 2.33. The van der Waals surface area contributed by atoms with Crippen LogP contribution >= 0.6 is 22.9 Å². The maximum absolute atomic E-state index is 6.33. The van der Waals surface area contributed by atoms with Crippen molar-refractivity contribution in [3.63, 3.8) is 0 Å². The van der Waals surface area contributed by atoms with Crippen LogP contribution in [0.15, 0.2) is 22.8 Å². The highest BCUT2D eigenvalue weighted by Gasteiger charge is 2.14. The summed E-state index contributed by atoms with van der Waals surface area (Å²) >= 11 is 7.99. The van der Waals surface area contributed by atoms with Gasteiger partial charge in [-0.3, -0.25) is 4.90 Å². The molecule has 0 saturated heterocycles. The van der Waals surface area contributed by atoms with Gasteiger partial charge in [0.1, 0.15) is 21.6 Å². The monoisotopic (exact) mass is 321 g/mol. The normalized spacial score (nSPS) is 11.7. The summed E-state index contributed by atoms with van der Waals surface area (Å²) < 4.78 is 5.35. The minimum Gasteiger partial charge on any atom is -0.468 e. The first-order valence-corrected chi connectivity index (χ1v) is 7.87. The van der Waals surface area contributed by atoms with Crippen LogP contribution in [0.3, 0.4) is 0 Å². The van der Waals surface area contributed by atoms with E-state index >= 15 is 0 Å². The molecule has 3 rings (SSSR count). The topological polar surface area (TPSA) is 42.2 Å². The number of fused-ring (bicyclic) bond motifs is 1. The zero-order valence-corrected chi connectivity index (χ0v) is 13.8. The lowest BCUT2D eigenvalue weighted by Crippen LogP contribution is -2.18. The Kier molecular flexibility index (Phi) is 3.97. The van der Waals surface area contributed by atoms with Crippen molar-refractivity contribution < 1.29 is 4.42 Å². The summed E-state index contributed by atoms with van der Waals surface area (Å²) in [7, 11) is 2.01. The summed E-state index contributed by atoms with van der Waals surface area (Å²) in [6.07, 6.45) is 1.68. The summed E-state index contributed by atoms with van der Waals surface area (Å²) in [5, 5.41) is 1.53. The van der Waals surface area contributed by atoms with Crippen LogP contribution in [0.4, 0.5) is 0 Å². The average Bonchev–Trinajstić information content (AvgIpc) is 2.99. The maximum atomic E-state index is 6.33. The number of rotatable bonds is 4. The Morgan fingerprint density at radius 2 is 2.10 bits per heavy atom. The molecular weight excluding hydrogens is 306 g/mol. The molecule has 0 atom stereocenters. The lowest BCUT2D eigenvalue weighted by molar-refractivity contribution is 0.281. The van der Waals surface area contributed by atoms with Crippen LogP contribution in [0, 0.1) is 13.8 Å². The number of halogens is 1. The standard InChI is InChI=1S/C15H16ClN3OS/c1-9-10(2)21-15-13(9)14(16)17-12(18-15)8-19(3)7-11-5-4-6-20-11/h4-6H,7-8H2,1-3H3. The van der Waals surface area contributed by atoms with E-state index in [1.165, 1.54) is 10.4 Å². The smallest absolute Gasteiger partial charge is 0.145 e. The van der Waals surface area contributed by atoms with E-state index in [1.807, 2.05) is 19.2 Å². The molecule has 3 heterocycles. The van der Waals surface area contributed by atoms with Crippen molar-refractivity contribution in [3.05, 3.63) is 45.6 Å². The van der Waals surface area contributed by atoms with Gasteiger partial charge in [0.25, 0.3) is 0 Å². The molecule has 0 aromatic carbocycles. The molecule has 21 heavy (non-hydrogen) atoms. The first kappa shape index (κ1) is 14.5. The van der Waals surface area contributed by atoms with Crippen molar-refractivity contribution in [2.45, 2.75) is 26.9 Å². The number of thiophene rings is 1. The number of hydrogen-bond acceptors (Lipinski definition) is 5. The van der Waals surface area contributed by atoms with E-state index < -0.39 is 0 Å². The van der Waals surface area contributed by atoms with Crippen molar-refractivity contribution in [2.24, 2.45) is 0 Å². The first-order chi connectivity index (χ1) is 10.0. The van der Waals surface area contributed by atoms with Gasteiger partial charge >= 0.3 is 0 Å². The molecule has 3 aromatic rings. The van der Waals surface area contributed by atoms with Crippen LogP contribution in [-0.4, -0.2) is 21.9 Å². The lowest BCUT2D eigenvalue weighted by Gasteiger charge is -2.14. The molecule has 0 amide bonds. The van der Waals surface area contributed by atoms with Crippen LogP contribution in [0.1, 0.15) is 22.0 Å². The van der Waals surface area contributed by atoms with Crippen LogP contribution in [0.5, 0.6) is 0 Å². The maximum Gasteiger partial charge on any atom is 0.145 e. The van der Waals surface area contributed by atoms with Crippen molar-refractivity contribution >= 4 is 33.2 Å². The first-order valence-electron chi connectivity index (χ1n) is 6.67. The Balaban J connectivity index is 1.84. The molecule has 0 aliphatic heterocycles. The van der Waals surface area contributed by atoms with Gasteiger partial charge in [0, 0.05) is 4.88 Å². The molecule has 6 heteroatoms. The molecule has 3 aromatic heterocycles. The minimum atomic E-state index is 0.545. The van der Waals surface area contributed by atoms with Crippen molar-refractivity contribution in [1.82, 2.24) is 14.9 Å². The quantitative estimate of drug-likeness (QED) is 0.676. The summed E-state index contributed by atoms with van der Waals surface area (Å²) in [6, 6.07) is 3.85. The van der Waals surface area contributed by atoms with Gasteiger partial charge in [0.15, 0.2) is 0 Å². The second kappa shape index (κ2) is 5.75. The molecule has 0 bridgehead atoms. The molecule has 0 aliphatic carbocycles. The van der Waals surface area contributed by atoms with E-state index in [0.29, 0.717) is 18.2 Å². The van der Waals surface area contributed by atoms with Crippen LogP contribution in [-0.2, 0) is 13.1 Å². The number of nitrogens with zero attached hydrogens (tertiary/aromatic N) is 3. The average molecular weight is 322 g/mol. The minimum absolute atomic E-state index is 0.545. The van der Waals surface area contributed by atoms with E-state index in [2.05, 4.69) is 28.7 Å². The van der Waals surface area contributed by atoms with Gasteiger partial charge in [-0.05, 0) is 38.6 Å². The van der Waals surface area contributed by atoms with Gasteiger partial charge < -0.3 is 4.42 Å². The number of hydrogen-bond donors (Lipinski definition) is 0. The fraction of sp³-hybridized carbons (Fsp3) is 0.333. The van der Waals surface area contributed by atoms with Gasteiger partial charge in [-0.15, -0.1) is 11.3 Å². The third kappa shape index (κ3) is 2.95. The van der Waals surface area contributed by atoms with Gasteiger partial charge in [-0.25, -0.2) is 9.97 Å². The highest BCUT2D eigenvalue weighted by molar-refractivity contribution is 7.18. The zero-order chi connectivity index (χ0) is 15.0. The van der Waals surface area contributed by atoms with Crippen LogP contribution in [0.25, 0.3) is 10.2 Å². The SMILES string of the molecule is Cc1sc2nc(CN(C)Cc3ccco3)nc(Cl)c2c1C. The van der Waals surface area contributed by atoms with Crippen molar-refractivity contribution in [1.29, 1.82) is 0 Å². The summed E-state index contributed by atoms with van der Waals surface area (Å²) in [5.41, 5.74) is 1.18. The van der Waals surface area contributed by atoms with E-state index in [-0.39, 0.29) is 0 Å². The van der Waals surface area contributed by atoms with Crippen LogP contribution in [0.2, 0.25) is 5.15 Å². The molecule has 110 valence electrons. The predicted molar refractivity (Wildman–Crippen MR) is 85.8 cm³/mol. The Morgan fingerprint density at radius 1 is 1.29 bits per heavy atom. The molecule has 0 unspecified atom stereocenters. The van der Waals surface area contributed by atoms with E-state index in [0.717, 1.165) is 21.8 Å². The molecule has 0 radical (unpaired) electrons. The fourth-order valence-corrected chi connectivity index (χ4v) is 3.71. The Bertz CT molecular complexity index is 767. The van der Waals surface area contributed by atoms with E-state index in [4.69, 9.17) is 16.0 Å².